The van der Waals surface area contributed by atoms with E-state index >= 15 is 0 Å². The summed E-state index contributed by atoms with van der Waals surface area (Å²) in [5, 5.41) is 0. The van der Waals surface area contributed by atoms with Crippen LogP contribution < -0.4 is 4.90 Å². The minimum absolute atomic E-state index is 0.553. The van der Waals surface area contributed by atoms with Crippen LogP contribution >= 0.6 is 27.5 Å². The summed E-state index contributed by atoms with van der Waals surface area (Å²) in [5.74, 6) is 1.21. The number of nitrogens with zero attached hydrogens (tertiary/aromatic N) is 1. The van der Waals surface area contributed by atoms with Crippen LogP contribution in [0.25, 0.3) is 0 Å². The Bertz CT molecular complexity index is 325. The Labute approximate surface area is 106 Å². The summed E-state index contributed by atoms with van der Waals surface area (Å²) in [7, 11) is 2.11. The fourth-order valence-corrected chi connectivity index (χ4v) is 2.30. The predicted molar refractivity (Wildman–Crippen MR) is 71.8 cm³/mol. The first-order valence-corrected chi connectivity index (χ1v) is 6.43. The van der Waals surface area contributed by atoms with E-state index in [4.69, 9.17) is 11.6 Å². The molecule has 15 heavy (non-hydrogen) atoms. The maximum atomic E-state index is 5.94. The third kappa shape index (κ3) is 3.69. The zero-order valence-electron chi connectivity index (χ0n) is 9.43. The molecular formula is C12H17BrClN. The highest BCUT2D eigenvalue weighted by Gasteiger charge is 2.08. The molecular weight excluding hydrogens is 273 g/mol. The minimum atomic E-state index is 0.553. The van der Waals surface area contributed by atoms with Crippen LogP contribution in [-0.4, -0.2) is 13.6 Å². The van der Waals surface area contributed by atoms with Crippen molar-refractivity contribution in [2.45, 2.75) is 19.7 Å². The molecule has 1 aromatic rings. The molecule has 0 aromatic heterocycles. The van der Waals surface area contributed by atoms with Crippen LogP contribution in [0, 0.1) is 5.92 Å². The predicted octanol–water partition coefficient (Wildman–Crippen LogP) is 4.28. The molecule has 1 rings (SSSR count). The molecule has 0 radical (unpaired) electrons. The van der Waals surface area contributed by atoms with Crippen LogP contribution in [0.3, 0.4) is 0 Å². The minimum Gasteiger partial charge on any atom is -0.374 e. The van der Waals surface area contributed by atoms with Crippen molar-refractivity contribution in [3.05, 3.63) is 28.2 Å². The van der Waals surface area contributed by atoms with Crippen LogP contribution in [0.5, 0.6) is 0 Å². The van der Waals surface area contributed by atoms with Gasteiger partial charge in [0.05, 0.1) is 0 Å². The average Bonchev–Trinajstić information content (AvgIpc) is 2.16. The fourth-order valence-electron chi connectivity index (χ4n) is 1.68. The molecule has 0 unspecified atom stereocenters. The van der Waals surface area contributed by atoms with Gasteiger partial charge in [-0.3, -0.25) is 0 Å². The number of halogens is 2. The van der Waals surface area contributed by atoms with E-state index in [1.165, 1.54) is 11.3 Å². The molecule has 0 fully saturated rings. The number of hydrogen-bond acceptors (Lipinski definition) is 1. The van der Waals surface area contributed by atoms with E-state index in [2.05, 4.69) is 59.9 Å². The Balaban J connectivity index is 2.92. The number of anilines is 1. The van der Waals surface area contributed by atoms with E-state index in [0.29, 0.717) is 11.8 Å². The number of rotatable bonds is 4. The van der Waals surface area contributed by atoms with Crippen LogP contribution in [0.15, 0.2) is 22.7 Å². The molecule has 0 spiro atoms. The fraction of sp³-hybridized carbons (Fsp3) is 0.500. The van der Waals surface area contributed by atoms with Gasteiger partial charge in [-0.15, -0.1) is 11.6 Å². The third-order valence-corrected chi connectivity index (χ3v) is 3.02. The summed E-state index contributed by atoms with van der Waals surface area (Å²) in [6.45, 7) is 5.48. The molecule has 0 heterocycles. The number of alkyl halides is 1. The van der Waals surface area contributed by atoms with Crippen molar-refractivity contribution in [1.29, 1.82) is 0 Å². The summed E-state index contributed by atoms with van der Waals surface area (Å²) < 4.78 is 1.08. The summed E-state index contributed by atoms with van der Waals surface area (Å²) in [6.07, 6.45) is 0. The van der Waals surface area contributed by atoms with Crippen LogP contribution in [0.4, 0.5) is 5.69 Å². The number of benzene rings is 1. The Kier molecular flexibility index (Phi) is 4.94. The second-order valence-electron chi connectivity index (χ2n) is 4.18. The Morgan fingerprint density at radius 3 is 2.60 bits per heavy atom. The first-order chi connectivity index (χ1) is 7.04. The lowest BCUT2D eigenvalue weighted by molar-refractivity contribution is 0.637. The van der Waals surface area contributed by atoms with Crippen molar-refractivity contribution in [1.82, 2.24) is 0 Å². The van der Waals surface area contributed by atoms with Gasteiger partial charge in [0, 0.05) is 29.6 Å². The van der Waals surface area contributed by atoms with Crippen molar-refractivity contribution in [3.8, 4) is 0 Å². The van der Waals surface area contributed by atoms with E-state index in [0.717, 1.165) is 11.0 Å². The summed E-state index contributed by atoms with van der Waals surface area (Å²) in [4.78, 5) is 2.26. The second kappa shape index (κ2) is 5.76. The van der Waals surface area contributed by atoms with Crippen LogP contribution in [0.2, 0.25) is 0 Å². The Morgan fingerprint density at radius 2 is 2.07 bits per heavy atom. The Hall–Kier alpha value is -0.210. The maximum absolute atomic E-state index is 5.94. The molecule has 0 bridgehead atoms. The molecule has 0 aliphatic heterocycles. The highest BCUT2D eigenvalue weighted by molar-refractivity contribution is 9.10. The second-order valence-corrected chi connectivity index (χ2v) is 5.36. The molecule has 0 atom stereocenters. The van der Waals surface area contributed by atoms with Crippen LogP contribution in [0.1, 0.15) is 19.4 Å². The van der Waals surface area contributed by atoms with Gasteiger partial charge in [-0.1, -0.05) is 29.8 Å². The molecule has 0 aliphatic rings. The zero-order chi connectivity index (χ0) is 11.4. The van der Waals surface area contributed by atoms with Crippen molar-refractivity contribution in [2.75, 3.05) is 18.5 Å². The van der Waals surface area contributed by atoms with Gasteiger partial charge in [-0.05, 0) is 29.7 Å². The molecule has 1 nitrogen and oxygen atoms in total. The van der Waals surface area contributed by atoms with Gasteiger partial charge in [-0.25, -0.2) is 0 Å². The van der Waals surface area contributed by atoms with E-state index in [1.807, 2.05) is 0 Å². The molecule has 0 amide bonds. The van der Waals surface area contributed by atoms with Crippen molar-refractivity contribution in [3.63, 3.8) is 0 Å². The summed E-state index contributed by atoms with van der Waals surface area (Å²) in [6, 6.07) is 6.26. The van der Waals surface area contributed by atoms with E-state index in [1.54, 1.807) is 0 Å². The Morgan fingerprint density at radius 1 is 1.40 bits per heavy atom. The monoisotopic (exact) mass is 289 g/mol. The topological polar surface area (TPSA) is 3.24 Å². The molecule has 1 aromatic carbocycles. The van der Waals surface area contributed by atoms with Gasteiger partial charge >= 0.3 is 0 Å². The quantitative estimate of drug-likeness (QED) is 0.748. The lowest BCUT2D eigenvalue weighted by atomic mass is 10.1. The molecule has 84 valence electrons. The number of hydrogen-bond donors (Lipinski definition) is 0. The lowest BCUT2D eigenvalue weighted by Crippen LogP contribution is -2.23. The smallest absolute Gasteiger partial charge is 0.0494 e. The van der Waals surface area contributed by atoms with Crippen LogP contribution in [-0.2, 0) is 5.88 Å². The van der Waals surface area contributed by atoms with Gasteiger partial charge in [0.2, 0.25) is 0 Å². The first kappa shape index (κ1) is 12.9. The van der Waals surface area contributed by atoms with Gasteiger partial charge in [0.25, 0.3) is 0 Å². The van der Waals surface area contributed by atoms with Crippen molar-refractivity contribution >= 4 is 33.2 Å². The third-order valence-electron chi connectivity index (χ3n) is 2.24. The normalized spacial score (nSPS) is 10.8. The largest absolute Gasteiger partial charge is 0.374 e. The van der Waals surface area contributed by atoms with E-state index < -0.39 is 0 Å². The molecule has 3 heteroatoms. The van der Waals surface area contributed by atoms with Gasteiger partial charge in [0.15, 0.2) is 0 Å². The lowest BCUT2D eigenvalue weighted by Gasteiger charge is -2.24. The average molecular weight is 291 g/mol. The highest BCUT2D eigenvalue weighted by atomic mass is 79.9. The summed E-state index contributed by atoms with van der Waals surface area (Å²) in [5.41, 5.74) is 2.40. The van der Waals surface area contributed by atoms with E-state index in [-0.39, 0.29) is 0 Å². The molecule has 0 aliphatic carbocycles. The zero-order valence-corrected chi connectivity index (χ0v) is 11.8. The summed E-state index contributed by atoms with van der Waals surface area (Å²) >= 11 is 9.40. The highest BCUT2D eigenvalue weighted by Crippen LogP contribution is 2.25. The standard InChI is InChI=1S/C12H17BrClN/c1-9(2)8-15(3)12-5-4-11(13)6-10(12)7-14/h4-6,9H,7-8H2,1-3H3. The molecule has 0 N–H and O–H groups in total. The van der Waals surface area contributed by atoms with E-state index in [9.17, 15) is 0 Å². The van der Waals surface area contributed by atoms with Crippen molar-refractivity contribution < 1.29 is 0 Å². The SMILES string of the molecule is CC(C)CN(C)c1ccc(Br)cc1CCl. The maximum Gasteiger partial charge on any atom is 0.0494 e. The molecule has 0 saturated heterocycles. The van der Waals surface area contributed by atoms with Gasteiger partial charge in [-0.2, -0.15) is 0 Å². The van der Waals surface area contributed by atoms with Gasteiger partial charge in [0.1, 0.15) is 0 Å². The van der Waals surface area contributed by atoms with Crippen molar-refractivity contribution in [2.24, 2.45) is 5.92 Å². The molecule has 0 saturated carbocycles. The van der Waals surface area contributed by atoms with Gasteiger partial charge < -0.3 is 4.90 Å². The first-order valence-electron chi connectivity index (χ1n) is 5.10.